The molecular weight excluding hydrogens is 474 g/mol. The van der Waals surface area contributed by atoms with Crippen LogP contribution in [0.5, 0.6) is 0 Å². The van der Waals surface area contributed by atoms with Crippen molar-refractivity contribution < 1.29 is 0 Å². The first-order valence-electron chi connectivity index (χ1n) is 13.3. The van der Waals surface area contributed by atoms with E-state index in [1.807, 2.05) is 0 Å². The minimum Gasteiger partial charge on any atom is -0.306 e. The van der Waals surface area contributed by atoms with Gasteiger partial charge in [-0.3, -0.25) is 4.57 Å². The zero-order valence-corrected chi connectivity index (χ0v) is 21.5. The Labute approximate surface area is 227 Å². The molecule has 7 aromatic rings. The highest BCUT2D eigenvalue weighted by atomic mass is 15.2. The fourth-order valence-corrected chi connectivity index (χ4v) is 5.98. The van der Waals surface area contributed by atoms with E-state index in [0.29, 0.717) is 0 Å². The normalized spacial score (nSPS) is 12.2. The number of rotatable bonds is 3. The number of fused-ring (bicyclic) bond motifs is 3. The lowest BCUT2D eigenvalue weighted by atomic mass is 9.97. The average Bonchev–Trinajstić information content (AvgIpc) is 3.34. The Balaban J connectivity index is 1.25. The van der Waals surface area contributed by atoms with E-state index < -0.39 is 0 Å². The summed E-state index contributed by atoms with van der Waals surface area (Å²) in [5.74, 6) is 0.999. The summed E-state index contributed by atoms with van der Waals surface area (Å²) in [7, 11) is 0. The summed E-state index contributed by atoms with van der Waals surface area (Å²) >= 11 is 0. The molecule has 0 unspecified atom stereocenters. The Morgan fingerprint density at radius 3 is 1.95 bits per heavy atom. The summed E-state index contributed by atoms with van der Waals surface area (Å²) in [6, 6.07) is 47.9. The lowest BCUT2D eigenvalue weighted by Gasteiger charge is -2.33. The van der Waals surface area contributed by atoms with Gasteiger partial charge in [-0.15, -0.1) is 0 Å². The van der Waals surface area contributed by atoms with Crippen molar-refractivity contribution in [2.75, 3.05) is 4.90 Å². The molecule has 0 saturated carbocycles. The number of hydrogen-bond acceptors (Lipinski definition) is 2. The van der Waals surface area contributed by atoms with Crippen molar-refractivity contribution >= 4 is 38.9 Å². The molecule has 0 spiro atoms. The minimum atomic E-state index is 0.999. The van der Waals surface area contributed by atoms with E-state index in [2.05, 4.69) is 150 Å². The lowest BCUT2D eigenvalue weighted by molar-refractivity contribution is 0.982. The first-order chi connectivity index (χ1) is 19.2. The van der Waals surface area contributed by atoms with Crippen LogP contribution in [-0.4, -0.2) is 9.55 Å². The van der Waals surface area contributed by atoms with Crippen LogP contribution in [0.4, 0.5) is 17.1 Å². The number of anilines is 3. The standard InChI is InChI=1S/C36H25N3/c1-24-37-32-12-7-13-34-36(32)38(24)33-21-20-30(23-35(33)39(34)31-10-3-2-4-11-31)27-16-14-26(15-17-27)29-19-18-25-8-5-6-9-28(25)22-29/h2-23H,1H3. The van der Waals surface area contributed by atoms with Crippen molar-refractivity contribution in [2.24, 2.45) is 0 Å². The fraction of sp³-hybridized carbons (Fsp3) is 0.0278. The van der Waals surface area contributed by atoms with Gasteiger partial charge in [0.15, 0.2) is 0 Å². The van der Waals surface area contributed by atoms with Crippen molar-refractivity contribution in [3.05, 3.63) is 139 Å². The van der Waals surface area contributed by atoms with Gasteiger partial charge >= 0.3 is 0 Å². The summed E-state index contributed by atoms with van der Waals surface area (Å²) in [6.45, 7) is 2.09. The molecular formula is C36H25N3. The van der Waals surface area contributed by atoms with E-state index in [1.165, 1.54) is 33.0 Å². The zero-order valence-electron chi connectivity index (χ0n) is 21.5. The predicted octanol–water partition coefficient (Wildman–Crippen LogP) is 9.60. The highest BCUT2D eigenvalue weighted by Gasteiger charge is 2.28. The third kappa shape index (κ3) is 3.40. The number of hydrogen-bond donors (Lipinski definition) is 0. The SMILES string of the molecule is Cc1nc2cccc3c2n1-c1ccc(-c2ccc(-c4ccc5ccccc5c4)cc2)cc1N3c1ccccc1. The van der Waals surface area contributed by atoms with E-state index >= 15 is 0 Å². The molecule has 2 heterocycles. The van der Waals surface area contributed by atoms with Crippen LogP contribution in [0.2, 0.25) is 0 Å². The predicted molar refractivity (Wildman–Crippen MR) is 162 cm³/mol. The van der Waals surface area contributed by atoms with Gasteiger partial charge in [0.05, 0.1) is 28.1 Å². The third-order valence-corrected chi connectivity index (χ3v) is 7.84. The second-order valence-electron chi connectivity index (χ2n) is 10.2. The Morgan fingerprint density at radius 1 is 0.487 bits per heavy atom. The van der Waals surface area contributed by atoms with Crippen molar-refractivity contribution in [2.45, 2.75) is 6.92 Å². The van der Waals surface area contributed by atoms with E-state index in [1.54, 1.807) is 0 Å². The molecule has 3 nitrogen and oxygen atoms in total. The van der Waals surface area contributed by atoms with Crippen molar-refractivity contribution in [3.63, 3.8) is 0 Å². The van der Waals surface area contributed by atoms with Crippen LogP contribution in [-0.2, 0) is 0 Å². The second kappa shape index (κ2) is 8.44. The van der Waals surface area contributed by atoms with Crippen LogP contribution >= 0.6 is 0 Å². The molecule has 184 valence electrons. The van der Waals surface area contributed by atoms with Gasteiger partial charge in [0, 0.05) is 5.69 Å². The molecule has 1 aliphatic rings. The van der Waals surface area contributed by atoms with E-state index in [0.717, 1.165) is 39.6 Å². The molecule has 3 heteroatoms. The van der Waals surface area contributed by atoms with Gasteiger partial charge in [0.1, 0.15) is 5.82 Å². The number of benzene rings is 6. The lowest BCUT2D eigenvalue weighted by Crippen LogP contribution is -2.18. The van der Waals surface area contributed by atoms with Crippen LogP contribution in [0.3, 0.4) is 0 Å². The van der Waals surface area contributed by atoms with E-state index in [-0.39, 0.29) is 0 Å². The topological polar surface area (TPSA) is 21.1 Å². The van der Waals surface area contributed by atoms with Gasteiger partial charge in [-0.2, -0.15) is 0 Å². The van der Waals surface area contributed by atoms with Crippen LogP contribution in [0.25, 0.3) is 49.7 Å². The van der Waals surface area contributed by atoms with Gasteiger partial charge in [-0.1, -0.05) is 91.0 Å². The molecule has 0 bridgehead atoms. The van der Waals surface area contributed by atoms with Crippen molar-refractivity contribution in [1.29, 1.82) is 0 Å². The third-order valence-electron chi connectivity index (χ3n) is 7.84. The van der Waals surface area contributed by atoms with Gasteiger partial charge in [0.25, 0.3) is 0 Å². The Morgan fingerprint density at radius 2 is 1.15 bits per heavy atom. The number of para-hydroxylation sites is 2. The molecule has 39 heavy (non-hydrogen) atoms. The molecule has 0 N–H and O–H groups in total. The first-order valence-corrected chi connectivity index (χ1v) is 13.3. The molecule has 6 aromatic carbocycles. The number of imidazole rings is 1. The molecule has 1 aromatic heterocycles. The Kier molecular flexibility index (Phi) is 4.74. The quantitative estimate of drug-likeness (QED) is 0.241. The molecule has 0 saturated heterocycles. The molecule has 0 amide bonds. The maximum absolute atomic E-state index is 4.89. The highest BCUT2D eigenvalue weighted by Crippen LogP contribution is 2.48. The van der Waals surface area contributed by atoms with Gasteiger partial charge in [-0.25, -0.2) is 4.98 Å². The fourth-order valence-electron chi connectivity index (χ4n) is 5.98. The Bertz CT molecular complexity index is 2020. The molecule has 1 aliphatic heterocycles. The molecule has 0 atom stereocenters. The first kappa shape index (κ1) is 21.9. The van der Waals surface area contributed by atoms with Gasteiger partial charge < -0.3 is 4.90 Å². The van der Waals surface area contributed by atoms with Crippen LogP contribution in [0, 0.1) is 6.92 Å². The van der Waals surface area contributed by atoms with Gasteiger partial charge in [-0.05, 0) is 82.4 Å². The second-order valence-corrected chi connectivity index (χ2v) is 10.2. The Hall–Kier alpha value is -5.15. The van der Waals surface area contributed by atoms with Gasteiger partial charge in [0.2, 0.25) is 0 Å². The summed E-state index contributed by atoms with van der Waals surface area (Å²) in [6.07, 6.45) is 0. The number of aromatic nitrogens is 2. The van der Waals surface area contributed by atoms with Crippen LogP contribution in [0.1, 0.15) is 5.82 Å². The smallest absolute Gasteiger partial charge is 0.111 e. The summed E-state index contributed by atoms with van der Waals surface area (Å²) in [5, 5.41) is 2.53. The summed E-state index contributed by atoms with van der Waals surface area (Å²) in [5.41, 5.74) is 11.6. The van der Waals surface area contributed by atoms with Crippen molar-refractivity contribution in [1.82, 2.24) is 9.55 Å². The van der Waals surface area contributed by atoms with Crippen LogP contribution < -0.4 is 4.90 Å². The maximum Gasteiger partial charge on any atom is 0.111 e. The maximum atomic E-state index is 4.89. The number of nitrogens with zero attached hydrogens (tertiary/aromatic N) is 3. The monoisotopic (exact) mass is 499 g/mol. The minimum absolute atomic E-state index is 0.999. The molecule has 8 rings (SSSR count). The highest BCUT2D eigenvalue weighted by molar-refractivity contribution is 6.02. The average molecular weight is 500 g/mol. The molecule has 0 fully saturated rings. The van der Waals surface area contributed by atoms with Crippen LogP contribution in [0.15, 0.2) is 133 Å². The van der Waals surface area contributed by atoms with E-state index in [9.17, 15) is 0 Å². The largest absolute Gasteiger partial charge is 0.306 e. The number of aryl methyl sites for hydroxylation is 1. The van der Waals surface area contributed by atoms with Crippen molar-refractivity contribution in [3.8, 4) is 27.9 Å². The molecule has 0 radical (unpaired) electrons. The molecule has 0 aliphatic carbocycles. The zero-order chi connectivity index (χ0) is 25.9. The summed E-state index contributed by atoms with van der Waals surface area (Å²) in [4.78, 5) is 7.25. The van der Waals surface area contributed by atoms with E-state index in [4.69, 9.17) is 4.98 Å². The summed E-state index contributed by atoms with van der Waals surface area (Å²) < 4.78 is 2.30.